The van der Waals surface area contributed by atoms with Crippen LogP contribution in [0.2, 0.25) is 0 Å². The van der Waals surface area contributed by atoms with Crippen LogP contribution < -0.4 is 0 Å². The van der Waals surface area contributed by atoms with Crippen molar-refractivity contribution in [3.05, 3.63) is 28.3 Å². The second kappa shape index (κ2) is 3.32. The first-order valence-electron chi connectivity index (χ1n) is 4.01. The SMILES string of the molecule is Cc1sc(CO)nc1-c1cc[nH]c1. The average Bonchev–Trinajstić information content (AvgIpc) is 2.72. The average molecular weight is 194 g/mol. The number of hydrogen-bond acceptors (Lipinski definition) is 3. The zero-order valence-electron chi connectivity index (χ0n) is 7.24. The molecule has 2 heterocycles. The van der Waals surface area contributed by atoms with Crippen LogP contribution in [0.4, 0.5) is 0 Å². The molecular weight excluding hydrogens is 184 g/mol. The van der Waals surface area contributed by atoms with E-state index in [1.54, 1.807) is 0 Å². The van der Waals surface area contributed by atoms with Crippen LogP contribution in [0.5, 0.6) is 0 Å². The largest absolute Gasteiger partial charge is 0.389 e. The number of H-pyrrole nitrogens is 1. The molecule has 0 aromatic carbocycles. The Morgan fingerprint density at radius 2 is 2.46 bits per heavy atom. The highest BCUT2D eigenvalue weighted by molar-refractivity contribution is 7.12. The Kier molecular flexibility index (Phi) is 2.16. The van der Waals surface area contributed by atoms with Crippen molar-refractivity contribution in [3.8, 4) is 11.3 Å². The third kappa shape index (κ3) is 1.50. The minimum Gasteiger partial charge on any atom is -0.389 e. The minimum absolute atomic E-state index is 0.0237. The number of aromatic nitrogens is 2. The number of aryl methyl sites for hydroxylation is 1. The molecule has 0 saturated heterocycles. The second-order valence-electron chi connectivity index (χ2n) is 2.77. The first-order chi connectivity index (χ1) is 6.31. The molecule has 2 N–H and O–H groups in total. The van der Waals surface area contributed by atoms with E-state index in [4.69, 9.17) is 5.11 Å². The van der Waals surface area contributed by atoms with E-state index in [1.807, 2.05) is 25.4 Å². The molecule has 13 heavy (non-hydrogen) atoms. The smallest absolute Gasteiger partial charge is 0.119 e. The van der Waals surface area contributed by atoms with Gasteiger partial charge in [-0.3, -0.25) is 0 Å². The summed E-state index contributed by atoms with van der Waals surface area (Å²) in [6, 6.07) is 1.98. The molecule has 68 valence electrons. The zero-order valence-corrected chi connectivity index (χ0v) is 8.06. The van der Waals surface area contributed by atoms with Gasteiger partial charge in [-0.25, -0.2) is 4.98 Å². The number of aliphatic hydroxyl groups is 1. The monoisotopic (exact) mass is 194 g/mol. The maximum Gasteiger partial charge on any atom is 0.119 e. The van der Waals surface area contributed by atoms with Gasteiger partial charge in [0.15, 0.2) is 0 Å². The molecule has 0 spiro atoms. The fourth-order valence-electron chi connectivity index (χ4n) is 1.26. The molecule has 0 aliphatic rings. The Labute approximate surface area is 80.1 Å². The van der Waals surface area contributed by atoms with E-state index in [-0.39, 0.29) is 6.61 Å². The second-order valence-corrected chi connectivity index (χ2v) is 4.06. The Hall–Kier alpha value is -1.13. The highest BCUT2D eigenvalue weighted by Crippen LogP contribution is 2.26. The number of hydrogen-bond donors (Lipinski definition) is 2. The summed E-state index contributed by atoms with van der Waals surface area (Å²) < 4.78 is 0. The topological polar surface area (TPSA) is 48.9 Å². The van der Waals surface area contributed by atoms with Gasteiger partial charge in [0.2, 0.25) is 0 Å². The van der Waals surface area contributed by atoms with Gasteiger partial charge in [0, 0.05) is 22.8 Å². The van der Waals surface area contributed by atoms with Gasteiger partial charge in [-0.1, -0.05) is 0 Å². The molecular formula is C9H10N2OS. The maximum atomic E-state index is 8.91. The van der Waals surface area contributed by atoms with E-state index in [0.29, 0.717) is 0 Å². The van der Waals surface area contributed by atoms with Gasteiger partial charge in [0.05, 0.1) is 12.3 Å². The summed E-state index contributed by atoms with van der Waals surface area (Å²) in [6.07, 6.45) is 3.77. The molecule has 0 atom stereocenters. The first-order valence-corrected chi connectivity index (χ1v) is 4.83. The number of thiazole rings is 1. The molecule has 4 heteroatoms. The standard InChI is InChI=1S/C9H10N2OS/c1-6-9(7-2-3-10-4-7)11-8(5-12)13-6/h2-4,10,12H,5H2,1H3. The number of aliphatic hydroxyl groups excluding tert-OH is 1. The van der Waals surface area contributed by atoms with Crippen molar-refractivity contribution in [2.45, 2.75) is 13.5 Å². The summed E-state index contributed by atoms with van der Waals surface area (Å²) in [7, 11) is 0. The molecule has 0 aliphatic heterocycles. The first kappa shape index (κ1) is 8.47. The lowest BCUT2D eigenvalue weighted by Crippen LogP contribution is -1.81. The molecule has 0 amide bonds. The van der Waals surface area contributed by atoms with Crippen LogP contribution in [0.25, 0.3) is 11.3 Å². The zero-order chi connectivity index (χ0) is 9.26. The molecule has 2 aromatic heterocycles. The van der Waals surface area contributed by atoms with E-state index in [2.05, 4.69) is 9.97 Å². The van der Waals surface area contributed by atoms with Crippen molar-refractivity contribution in [2.24, 2.45) is 0 Å². The van der Waals surface area contributed by atoms with Crippen molar-refractivity contribution < 1.29 is 5.11 Å². The fourth-order valence-corrected chi connectivity index (χ4v) is 2.07. The minimum atomic E-state index is 0.0237. The number of aromatic amines is 1. The van der Waals surface area contributed by atoms with Crippen LogP contribution in [0.15, 0.2) is 18.5 Å². The van der Waals surface area contributed by atoms with Crippen LogP contribution in [0.3, 0.4) is 0 Å². The van der Waals surface area contributed by atoms with Crippen LogP contribution in [-0.4, -0.2) is 15.1 Å². The summed E-state index contributed by atoms with van der Waals surface area (Å²) >= 11 is 1.54. The lowest BCUT2D eigenvalue weighted by atomic mass is 10.2. The van der Waals surface area contributed by atoms with Crippen LogP contribution in [-0.2, 0) is 6.61 Å². The van der Waals surface area contributed by atoms with Crippen molar-refractivity contribution in [1.82, 2.24) is 9.97 Å². The Bertz CT molecular complexity index is 392. The lowest BCUT2D eigenvalue weighted by molar-refractivity contribution is 0.281. The number of nitrogens with zero attached hydrogens (tertiary/aromatic N) is 1. The molecule has 3 nitrogen and oxygen atoms in total. The van der Waals surface area contributed by atoms with Crippen molar-refractivity contribution in [1.29, 1.82) is 0 Å². The summed E-state index contributed by atoms with van der Waals surface area (Å²) in [5.41, 5.74) is 2.05. The lowest BCUT2D eigenvalue weighted by Gasteiger charge is -1.90. The Morgan fingerprint density at radius 3 is 3.00 bits per heavy atom. The third-order valence-corrected chi connectivity index (χ3v) is 2.80. The summed E-state index contributed by atoms with van der Waals surface area (Å²) in [5, 5.41) is 9.68. The van der Waals surface area contributed by atoms with E-state index in [9.17, 15) is 0 Å². The van der Waals surface area contributed by atoms with Crippen LogP contribution in [0, 0.1) is 6.92 Å². The van der Waals surface area contributed by atoms with E-state index < -0.39 is 0 Å². The molecule has 0 radical (unpaired) electrons. The van der Waals surface area contributed by atoms with Crippen LogP contribution >= 0.6 is 11.3 Å². The third-order valence-electron chi connectivity index (χ3n) is 1.85. The number of rotatable bonds is 2. The molecule has 0 unspecified atom stereocenters. The van der Waals surface area contributed by atoms with E-state index in [1.165, 1.54) is 11.3 Å². The quantitative estimate of drug-likeness (QED) is 0.767. The van der Waals surface area contributed by atoms with E-state index >= 15 is 0 Å². The molecule has 0 aliphatic carbocycles. The van der Waals surface area contributed by atoms with Crippen molar-refractivity contribution >= 4 is 11.3 Å². The van der Waals surface area contributed by atoms with Gasteiger partial charge in [0.25, 0.3) is 0 Å². The summed E-state index contributed by atoms with van der Waals surface area (Å²) in [5.74, 6) is 0. The van der Waals surface area contributed by atoms with Gasteiger partial charge in [-0.2, -0.15) is 0 Å². The predicted molar refractivity (Wildman–Crippen MR) is 52.6 cm³/mol. The van der Waals surface area contributed by atoms with Gasteiger partial charge in [0.1, 0.15) is 5.01 Å². The van der Waals surface area contributed by atoms with Gasteiger partial charge in [-0.15, -0.1) is 11.3 Å². The van der Waals surface area contributed by atoms with Crippen molar-refractivity contribution in [3.63, 3.8) is 0 Å². The molecule has 2 aromatic rings. The Balaban J connectivity index is 2.46. The molecule has 0 fully saturated rings. The van der Waals surface area contributed by atoms with Gasteiger partial charge >= 0.3 is 0 Å². The van der Waals surface area contributed by atoms with Crippen molar-refractivity contribution in [2.75, 3.05) is 0 Å². The van der Waals surface area contributed by atoms with Gasteiger partial charge in [-0.05, 0) is 13.0 Å². The normalized spacial score (nSPS) is 10.6. The maximum absolute atomic E-state index is 8.91. The summed E-state index contributed by atoms with van der Waals surface area (Å²) in [6.45, 7) is 2.04. The van der Waals surface area contributed by atoms with Crippen LogP contribution in [0.1, 0.15) is 9.88 Å². The number of nitrogens with one attached hydrogen (secondary N) is 1. The Morgan fingerprint density at radius 1 is 1.62 bits per heavy atom. The molecule has 2 rings (SSSR count). The molecule has 0 saturated carbocycles. The fraction of sp³-hybridized carbons (Fsp3) is 0.222. The summed E-state index contributed by atoms with van der Waals surface area (Å²) in [4.78, 5) is 8.45. The highest BCUT2D eigenvalue weighted by atomic mass is 32.1. The predicted octanol–water partition coefficient (Wildman–Crippen LogP) is 1.94. The van der Waals surface area contributed by atoms with E-state index in [0.717, 1.165) is 21.1 Å². The molecule has 0 bridgehead atoms. The van der Waals surface area contributed by atoms with Gasteiger partial charge < -0.3 is 10.1 Å². The highest BCUT2D eigenvalue weighted by Gasteiger charge is 2.08.